The number of aromatic nitrogens is 1. The zero-order valence-electron chi connectivity index (χ0n) is 17.1. The van der Waals surface area contributed by atoms with Gasteiger partial charge in [0.1, 0.15) is 6.04 Å². The second kappa shape index (κ2) is 8.48. The van der Waals surface area contributed by atoms with Crippen LogP contribution in [0.4, 0.5) is 0 Å². The Kier molecular flexibility index (Phi) is 5.97. The molecule has 1 atom stereocenters. The Hall–Kier alpha value is -1.86. The Labute approximate surface area is 173 Å². The van der Waals surface area contributed by atoms with Crippen molar-refractivity contribution in [2.75, 3.05) is 25.4 Å². The van der Waals surface area contributed by atoms with Gasteiger partial charge in [0.2, 0.25) is 15.9 Å². The van der Waals surface area contributed by atoms with E-state index < -0.39 is 16.1 Å². The molecule has 1 amide bonds. The zero-order chi connectivity index (χ0) is 20.4. The van der Waals surface area contributed by atoms with E-state index in [1.807, 2.05) is 17.9 Å². The third-order valence-electron chi connectivity index (χ3n) is 6.43. The molecule has 2 aliphatic heterocycles. The highest BCUT2D eigenvalue weighted by Gasteiger charge is 2.39. The first kappa shape index (κ1) is 20.4. The number of hydrogen-bond acceptors (Lipinski definition) is 3. The first-order valence-corrected chi connectivity index (χ1v) is 12.5. The van der Waals surface area contributed by atoms with Gasteiger partial charge in [-0.15, -0.1) is 0 Å². The first-order valence-electron chi connectivity index (χ1n) is 10.9. The lowest BCUT2D eigenvalue weighted by atomic mass is 9.88. The van der Waals surface area contributed by atoms with Gasteiger partial charge in [0, 0.05) is 36.7 Å². The van der Waals surface area contributed by atoms with Crippen molar-refractivity contribution in [1.29, 1.82) is 0 Å². The van der Waals surface area contributed by atoms with Gasteiger partial charge >= 0.3 is 0 Å². The molecule has 2 aliphatic rings. The van der Waals surface area contributed by atoms with Gasteiger partial charge in [-0.25, -0.2) is 8.42 Å². The quantitative estimate of drug-likeness (QED) is 0.810. The summed E-state index contributed by atoms with van der Waals surface area (Å²) < 4.78 is 26.8. The third kappa shape index (κ3) is 4.08. The van der Waals surface area contributed by atoms with Crippen LogP contribution in [-0.4, -0.2) is 59.9 Å². The van der Waals surface area contributed by atoms with Crippen molar-refractivity contribution >= 4 is 26.8 Å². The Balaban J connectivity index is 1.44. The van der Waals surface area contributed by atoms with Gasteiger partial charge < -0.3 is 9.88 Å². The summed E-state index contributed by atoms with van der Waals surface area (Å²) in [5.74, 6) is 0.558. The normalized spacial score (nSPS) is 22.2. The number of piperidine rings is 2. The number of likely N-dealkylation sites (tertiary alicyclic amines) is 1. The lowest BCUT2D eigenvalue weighted by Crippen LogP contribution is -2.54. The molecular formula is C22H31N3O3S. The second-order valence-corrected chi connectivity index (χ2v) is 10.4. The van der Waals surface area contributed by atoms with Crippen molar-refractivity contribution in [3.63, 3.8) is 0 Å². The van der Waals surface area contributed by atoms with Crippen molar-refractivity contribution in [3.8, 4) is 0 Å². The molecule has 0 saturated carbocycles. The number of rotatable bonds is 5. The van der Waals surface area contributed by atoms with Crippen LogP contribution >= 0.6 is 0 Å². The summed E-state index contributed by atoms with van der Waals surface area (Å²) >= 11 is 0. The molecule has 0 spiro atoms. The van der Waals surface area contributed by atoms with E-state index in [1.54, 1.807) is 0 Å². The number of carbonyl (C=O) groups excluding carboxylic acids is 1. The number of carbonyl (C=O) groups is 1. The number of sulfonamides is 1. The third-order valence-corrected chi connectivity index (χ3v) is 8.50. The Morgan fingerprint density at radius 1 is 1.10 bits per heavy atom. The summed E-state index contributed by atoms with van der Waals surface area (Å²) in [5.41, 5.74) is 2.48. The molecule has 158 valence electrons. The summed E-state index contributed by atoms with van der Waals surface area (Å²) in [6.07, 6.45) is 6.92. The number of nitrogens with zero attached hydrogens (tertiary/aromatic N) is 2. The summed E-state index contributed by atoms with van der Waals surface area (Å²) in [6.45, 7) is 3.74. The van der Waals surface area contributed by atoms with E-state index in [0.29, 0.717) is 38.4 Å². The molecule has 2 fully saturated rings. The van der Waals surface area contributed by atoms with Gasteiger partial charge in [0.05, 0.1) is 5.75 Å². The maximum atomic E-state index is 13.2. The smallest absolute Gasteiger partial charge is 0.241 e. The predicted octanol–water partition coefficient (Wildman–Crippen LogP) is 3.47. The summed E-state index contributed by atoms with van der Waals surface area (Å²) in [7, 11) is -3.36. The van der Waals surface area contributed by atoms with E-state index in [1.165, 1.54) is 15.3 Å². The molecule has 3 heterocycles. The predicted molar refractivity (Wildman–Crippen MR) is 115 cm³/mol. The Morgan fingerprint density at radius 3 is 2.62 bits per heavy atom. The van der Waals surface area contributed by atoms with E-state index in [4.69, 9.17) is 0 Å². The number of hydrogen-bond donors (Lipinski definition) is 1. The highest BCUT2D eigenvalue weighted by atomic mass is 32.2. The van der Waals surface area contributed by atoms with Crippen molar-refractivity contribution in [2.24, 2.45) is 0 Å². The van der Waals surface area contributed by atoms with Gasteiger partial charge in [-0.05, 0) is 49.7 Å². The lowest BCUT2D eigenvalue weighted by Gasteiger charge is -2.39. The van der Waals surface area contributed by atoms with Gasteiger partial charge in [-0.3, -0.25) is 4.79 Å². The fourth-order valence-electron chi connectivity index (χ4n) is 4.91. The molecule has 7 heteroatoms. The molecule has 0 radical (unpaired) electrons. The second-order valence-electron chi connectivity index (χ2n) is 8.33. The van der Waals surface area contributed by atoms with Crippen LogP contribution in [-0.2, 0) is 14.8 Å². The van der Waals surface area contributed by atoms with Crippen molar-refractivity contribution < 1.29 is 13.2 Å². The van der Waals surface area contributed by atoms with E-state index in [-0.39, 0.29) is 11.7 Å². The summed E-state index contributed by atoms with van der Waals surface area (Å²) in [6, 6.07) is 7.83. The van der Waals surface area contributed by atoms with Crippen LogP contribution in [0, 0.1) is 0 Å². The van der Waals surface area contributed by atoms with Crippen LogP contribution in [0.1, 0.15) is 56.9 Å². The van der Waals surface area contributed by atoms with Gasteiger partial charge in [0.25, 0.3) is 0 Å². The van der Waals surface area contributed by atoms with Crippen LogP contribution in [0.2, 0.25) is 0 Å². The number of fused-ring (bicyclic) bond motifs is 1. The largest absolute Gasteiger partial charge is 0.361 e. The number of para-hydroxylation sites is 1. The SMILES string of the molecule is CCCS(=O)(=O)N1CCCCC1C(=O)N1CCC(c2c[nH]c3ccccc23)CC1. The molecule has 1 N–H and O–H groups in total. The minimum Gasteiger partial charge on any atom is -0.361 e. The van der Waals surface area contributed by atoms with Crippen LogP contribution in [0.15, 0.2) is 30.5 Å². The summed E-state index contributed by atoms with van der Waals surface area (Å²) in [5, 5.41) is 1.27. The van der Waals surface area contributed by atoms with Crippen LogP contribution < -0.4 is 0 Å². The first-order chi connectivity index (χ1) is 14.0. The molecule has 6 nitrogen and oxygen atoms in total. The maximum Gasteiger partial charge on any atom is 0.241 e. The standard InChI is InChI=1S/C22H31N3O3S/c1-2-15-29(27,28)25-12-6-5-9-21(25)22(26)24-13-10-17(11-14-24)19-16-23-20-8-4-3-7-18(19)20/h3-4,7-8,16-17,21,23H,2,5-6,9-15H2,1H3. The van der Waals surface area contributed by atoms with E-state index in [2.05, 4.69) is 29.4 Å². The van der Waals surface area contributed by atoms with Crippen molar-refractivity contribution in [3.05, 3.63) is 36.0 Å². The molecule has 1 unspecified atom stereocenters. The van der Waals surface area contributed by atoms with Gasteiger partial charge in [0.15, 0.2) is 0 Å². The molecule has 0 bridgehead atoms. The monoisotopic (exact) mass is 417 g/mol. The molecule has 1 aromatic carbocycles. The topological polar surface area (TPSA) is 73.5 Å². The minimum atomic E-state index is -3.36. The highest BCUT2D eigenvalue weighted by Crippen LogP contribution is 2.34. The number of aromatic amines is 1. The van der Waals surface area contributed by atoms with Crippen molar-refractivity contribution in [1.82, 2.24) is 14.2 Å². The van der Waals surface area contributed by atoms with E-state index >= 15 is 0 Å². The van der Waals surface area contributed by atoms with Crippen LogP contribution in [0.5, 0.6) is 0 Å². The zero-order valence-corrected chi connectivity index (χ0v) is 18.0. The molecule has 2 aromatic rings. The Bertz CT molecular complexity index is 961. The maximum absolute atomic E-state index is 13.2. The molecular weight excluding hydrogens is 386 g/mol. The average molecular weight is 418 g/mol. The molecule has 4 rings (SSSR count). The highest BCUT2D eigenvalue weighted by molar-refractivity contribution is 7.89. The molecule has 0 aliphatic carbocycles. The fraction of sp³-hybridized carbons (Fsp3) is 0.591. The number of nitrogens with one attached hydrogen (secondary N) is 1. The number of H-pyrrole nitrogens is 1. The number of benzene rings is 1. The number of amides is 1. The van der Waals surface area contributed by atoms with Crippen LogP contribution in [0.3, 0.4) is 0 Å². The Morgan fingerprint density at radius 2 is 1.86 bits per heavy atom. The van der Waals surface area contributed by atoms with E-state index in [0.717, 1.165) is 31.2 Å². The average Bonchev–Trinajstić information content (AvgIpc) is 3.17. The molecule has 29 heavy (non-hydrogen) atoms. The fourth-order valence-corrected chi connectivity index (χ4v) is 6.65. The minimum absolute atomic E-state index is 0.00162. The molecule has 1 aromatic heterocycles. The summed E-state index contributed by atoms with van der Waals surface area (Å²) in [4.78, 5) is 18.5. The molecule has 2 saturated heterocycles. The van der Waals surface area contributed by atoms with Gasteiger partial charge in [-0.1, -0.05) is 31.5 Å². The lowest BCUT2D eigenvalue weighted by molar-refractivity contribution is -0.137. The van der Waals surface area contributed by atoms with Crippen molar-refractivity contribution in [2.45, 2.75) is 57.4 Å². The van der Waals surface area contributed by atoms with Gasteiger partial charge in [-0.2, -0.15) is 4.31 Å². The van der Waals surface area contributed by atoms with Crippen LogP contribution in [0.25, 0.3) is 10.9 Å². The van der Waals surface area contributed by atoms with E-state index in [9.17, 15) is 13.2 Å².